The number of rotatable bonds is 3. The van der Waals surface area contributed by atoms with Crippen LogP contribution in [0.15, 0.2) is 30.6 Å². The smallest absolute Gasteiger partial charge is 0.465 e. The number of nitrogens with zero attached hydrogens (tertiary/aromatic N) is 4. The largest absolute Gasteiger partial charge is 0.496 e. The normalized spacial score (nSPS) is 29.2. The minimum Gasteiger partial charge on any atom is -0.465 e. The van der Waals surface area contributed by atoms with E-state index in [4.69, 9.17) is 19.5 Å². The Bertz CT molecular complexity index is 930. The van der Waals surface area contributed by atoms with Gasteiger partial charge in [-0.1, -0.05) is 6.07 Å². The van der Waals surface area contributed by atoms with E-state index in [2.05, 4.69) is 4.98 Å². The highest BCUT2D eigenvalue weighted by molar-refractivity contribution is 6.62. The van der Waals surface area contributed by atoms with Gasteiger partial charge in [0.1, 0.15) is 0 Å². The van der Waals surface area contributed by atoms with Crippen LogP contribution in [0.2, 0.25) is 0 Å². The van der Waals surface area contributed by atoms with Crippen LogP contribution in [0, 0.1) is 11.8 Å². The first-order valence-electron chi connectivity index (χ1n) is 10.0. The Morgan fingerprint density at radius 1 is 1.14 bits per heavy atom. The average molecular weight is 396 g/mol. The monoisotopic (exact) mass is 396 g/mol. The zero-order valence-corrected chi connectivity index (χ0v) is 17.1. The zero-order valence-electron chi connectivity index (χ0n) is 17.1. The van der Waals surface area contributed by atoms with Crippen molar-refractivity contribution in [2.45, 2.75) is 44.8 Å². The number of carboxylic acid groups (broad SMARTS) is 1. The Balaban J connectivity index is 1.27. The van der Waals surface area contributed by atoms with E-state index in [0.29, 0.717) is 30.8 Å². The molecule has 0 aromatic carbocycles. The van der Waals surface area contributed by atoms with E-state index < -0.39 is 13.2 Å². The van der Waals surface area contributed by atoms with E-state index in [-0.39, 0.29) is 11.2 Å². The summed E-state index contributed by atoms with van der Waals surface area (Å²) in [5.74, 6) is 1.88. The molecule has 1 saturated carbocycles. The number of fused-ring (bicyclic) bond motifs is 1. The Hall–Kier alpha value is -2.39. The zero-order chi connectivity index (χ0) is 20.6. The number of amides is 1. The van der Waals surface area contributed by atoms with E-state index >= 15 is 0 Å². The van der Waals surface area contributed by atoms with Gasteiger partial charge in [0.15, 0.2) is 5.82 Å². The molecule has 9 heteroatoms. The maximum absolute atomic E-state index is 11.1. The van der Waals surface area contributed by atoms with Gasteiger partial charge in [0, 0.05) is 36.9 Å². The van der Waals surface area contributed by atoms with Crippen LogP contribution in [0.25, 0.3) is 5.82 Å². The fraction of sp³-hybridized carbons (Fsp3) is 0.550. The summed E-state index contributed by atoms with van der Waals surface area (Å²) in [7, 11) is -0.433. The molecule has 0 bridgehead atoms. The minimum absolute atomic E-state index is 0.357. The van der Waals surface area contributed by atoms with Gasteiger partial charge < -0.3 is 19.3 Å². The lowest BCUT2D eigenvalue weighted by atomic mass is 9.80. The maximum Gasteiger partial charge on any atom is 0.496 e. The number of hydrogen-bond acceptors (Lipinski definition) is 5. The minimum atomic E-state index is -0.826. The summed E-state index contributed by atoms with van der Waals surface area (Å²) in [6.45, 7) is 9.34. The van der Waals surface area contributed by atoms with E-state index in [9.17, 15) is 4.79 Å². The van der Waals surface area contributed by atoms with E-state index in [0.717, 1.165) is 17.0 Å². The second kappa shape index (κ2) is 6.06. The fourth-order valence-electron chi connectivity index (χ4n) is 4.42. The molecule has 2 saturated heterocycles. The summed E-state index contributed by atoms with van der Waals surface area (Å²) >= 11 is 0. The summed E-state index contributed by atoms with van der Waals surface area (Å²) in [6, 6.07) is 5.89. The van der Waals surface area contributed by atoms with Crippen LogP contribution in [0.5, 0.6) is 0 Å². The summed E-state index contributed by atoms with van der Waals surface area (Å²) < 4.78 is 13.9. The molecular weight excluding hydrogens is 371 g/mol. The van der Waals surface area contributed by atoms with Gasteiger partial charge in [-0.25, -0.2) is 14.5 Å². The molecule has 0 radical (unpaired) electrons. The highest BCUT2D eigenvalue weighted by Gasteiger charge is 2.58. The number of aromatic nitrogens is 3. The first-order valence-corrected chi connectivity index (χ1v) is 10.0. The van der Waals surface area contributed by atoms with Gasteiger partial charge in [0.25, 0.3) is 0 Å². The molecule has 2 aromatic rings. The van der Waals surface area contributed by atoms with Crippen LogP contribution in [0.1, 0.15) is 39.3 Å². The van der Waals surface area contributed by atoms with Gasteiger partial charge in [-0.05, 0) is 51.7 Å². The van der Waals surface area contributed by atoms with Crippen molar-refractivity contribution in [3.8, 4) is 5.82 Å². The Kier molecular flexibility index (Phi) is 3.89. The molecule has 0 spiro atoms. The highest BCUT2D eigenvalue weighted by Crippen LogP contribution is 2.57. The van der Waals surface area contributed by atoms with Crippen molar-refractivity contribution in [1.82, 2.24) is 19.7 Å². The molecule has 2 aliphatic heterocycles. The first kappa shape index (κ1) is 18.6. The molecule has 3 aliphatic rings. The van der Waals surface area contributed by atoms with Gasteiger partial charge in [-0.2, -0.15) is 5.10 Å². The molecule has 1 unspecified atom stereocenters. The number of piperidine rings is 1. The fourth-order valence-corrected chi connectivity index (χ4v) is 4.42. The van der Waals surface area contributed by atoms with Crippen LogP contribution < -0.4 is 5.46 Å². The van der Waals surface area contributed by atoms with Crippen LogP contribution >= 0.6 is 0 Å². The van der Waals surface area contributed by atoms with Gasteiger partial charge >= 0.3 is 13.2 Å². The first-order chi connectivity index (χ1) is 13.7. The van der Waals surface area contributed by atoms with Crippen LogP contribution in [0.3, 0.4) is 0 Å². The third-order valence-corrected chi connectivity index (χ3v) is 6.95. The van der Waals surface area contributed by atoms with E-state index in [1.54, 1.807) is 10.9 Å². The van der Waals surface area contributed by atoms with Crippen molar-refractivity contribution in [3.63, 3.8) is 0 Å². The van der Waals surface area contributed by atoms with Crippen LogP contribution in [-0.4, -0.2) is 62.3 Å². The van der Waals surface area contributed by atoms with Crippen molar-refractivity contribution >= 4 is 18.7 Å². The topological polar surface area (TPSA) is 89.7 Å². The average Bonchev–Trinajstić information content (AvgIpc) is 3.04. The van der Waals surface area contributed by atoms with Crippen molar-refractivity contribution in [1.29, 1.82) is 0 Å². The lowest BCUT2D eigenvalue weighted by molar-refractivity contribution is 0.00578. The molecule has 1 amide bonds. The summed E-state index contributed by atoms with van der Waals surface area (Å²) in [5, 5.41) is 13.8. The maximum atomic E-state index is 11.1. The van der Waals surface area contributed by atoms with Gasteiger partial charge in [-0.15, -0.1) is 0 Å². The quantitative estimate of drug-likeness (QED) is 0.798. The Morgan fingerprint density at radius 3 is 2.34 bits per heavy atom. The van der Waals surface area contributed by atoms with Crippen LogP contribution in [-0.2, 0) is 9.31 Å². The van der Waals surface area contributed by atoms with E-state index in [1.165, 1.54) is 4.90 Å². The Labute approximate surface area is 170 Å². The van der Waals surface area contributed by atoms with Crippen LogP contribution in [0.4, 0.5) is 4.79 Å². The predicted octanol–water partition coefficient (Wildman–Crippen LogP) is 1.89. The Morgan fingerprint density at radius 2 is 1.79 bits per heavy atom. The number of hydrogen-bond donors (Lipinski definition) is 1. The SMILES string of the molecule is CC1(C)OB(c2ccc(-n3ccc(C4[C@H]5CN(C(=O)O)C[C@@H]45)n3)nc2)OC1(C)C. The standard InChI is InChI=1S/C20H25BN4O4/c1-19(2)20(3,4)29-21(28-19)12-5-6-16(22-9-12)25-8-7-15(23-25)17-13-10-24(18(26)27)11-14(13)17/h5-9,13-14,17H,10-11H2,1-4H3,(H,26,27)/t13-,14+,17?. The van der Waals surface area contributed by atoms with Crippen molar-refractivity contribution in [3.05, 3.63) is 36.3 Å². The van der Waals surface area contributed by atoms with Crippen molar-refractivity contribution in [2.75, 3.05) is 13.1 Å². The van der Waals surface area contributed by atoms with Gasteiger partial charge in [-0.3, -0.25) is 0 Å². The second-order valence-electron chi connectivity index (χ2n) is 9.26. The lowest BCUT2D eigenvalue weighted by Gasteiger charge is -2.32. The number of pyridine rings is 1. The van der Waals surface area contributed by atoms with E-state index in [1.807, 2.05) is 52.1 Å². The third-order valence-electron chi connectivity index (χ3n) is 6.95. The summed E-state index contributed by atoms with van der Waals surface area (Å²) in [5.41, 5.74) is 1.13. The molecule has 2 aromatic heterocycles. The summed E-state index contributed by atoms with van der Waals surface area (Å²) in [4.78, 5) is 17.1. The molecule has 8 nitrogen and oxygen atoms in total. The molecule has 5 rings (SSSR count). The molecule has 152 valence electrons. The molecule has 3 fully saturated rings. The molecular formula is C20H25BN4O4. The van der Waals surface area contributed by atoms with Gasteiger partial charge in [0.2, 0.25) is 0 Å². The second-order valence-corrected chi connectivity index (χ2v) is 9.26. The molecule has 1 aliphatic carbocycles. The van der Waals surface area contributed by atoms with Crippen molar-refractivity contribution in [2.24, 2.45) is 11.8 Å². The molecule has 3 atom stereocenters. The molecule has 4 heterocycles. The summed E-state index contributed by atoms with van der Waals surface area (Å²) in [6.07, 6.45) is 2.86. The lowest BCUT2D eigenvalue weighted by Crippen LogP contribution is -2.41. The molecule has 1 N–H and O–H groups in total. The third kappa shape index (κ3) is 2.95. The predicted molar refractivity (Wildman–Crippen MR) is 106 cm³/mol. The number of carbonyl (C=O) groups is 1. The molecule has 29 heavy (non-hydrogen) atoms. The highest BCUT2D eigenvalue weighted by atomic mass is 16.7. The number of likely N-dealkylation sites (tertiary alicyclic amines) is 1. The van der Waals surface area contributed by atoms with Gasteiger partial charge in [0.05, 0.1) is 16.9 Å². The van der Waals surface area contributed by atoms with Crippen molar-refractivity contribution < 1.29 is 19.2 Å².